The van der Waals surface area contributed by atoms with Crippen molar-refractivity contribution in [1.29, 1.82) is 0 Å². The molecule has 0 saturated carbocycles. The Kier molecular flexibility index (Phi) is 6.56. The smallest absolute Gasteiger partial charge is 0.410 e. The van der Waals surface area contributed by atoms with Crippen molar-refractivity contribution in [2.75, 3.05) is 20.2 Å². The average molecular weight is 342 g/mol. The van der Waals surface area contributed by atoms with Crippen LogP contribution >= 0.6 is 13.5 Å². The van der Waals surface area contributed by atoms with Crippen molar-refractivity contribution < 1.29 is 19.0 Å². The lowest BCUT2D eigenvalue weighted by atomic mass is 10.2. The van der Waals surface area contributed by atoms with Crippen LogP contribution in [-0.2, 0) is 4.74 Å². The third-order valence-corrected chi connectivity index (χ3v) is 3.21. The van der Waals surface area contributed by atoms with E-state index in [0.717, 1.165) is 12.1 Å². The van der Waals surface area contributed by atoms with Crippen molar-refractivity contribution in [3.63, 3.8) is 0 Å². The van der Waals surface area contributed by atoms with Gasteiger partial charge in [-0.15, -0.1) is 0 Å². The molecule has 0 bridgehead atoms. The molecular weight excluding hydrogens is 316 g/mol. The van der Waals surface area contributed by atoms with E-state index < -0.39 is 5.60 Å². The molecule has 0 radical (unpaired) electrons. The highest BCUT2D eigenvalue weighted by Gasteiger charge is 2.30. The lowest BCUT2D eigenvalue weighted by Gasteiger charge is -2.24. The molecule has 1 saturated heterocycles. The van der Waals surface area contributed by atoms with Gasteiger partial charge in [-0.25, -0.2) is 9.78 Å². The minimum atomic E-state index is -0.481. The molecule has 0 spiro atoms. The second-order valence-electron chi connectivity index (χ2n) is 6.44. The molecule has 6 nitrogen and oxygen atoms in total. The van der Waals surface area contributed by atoms with Crippen LogP contribution in [0, 0.1) is 6.92 Å². The maximum atomic E-state index is 12.0. The highest BCUT2D eigenvalue weighted by atomic mass is 32.1. The van der Waals surface area contributed by atoms with Crippen molar-refractivity contribution in [3.8, 4) is 11.6 Å². The number of pyridine rings is 1. The summed E-state index contributed by atoms with van der Waals surface area (Å²) in [4.78, 5) is 17.9. The molecule has 130 valence electrons. The van der Waals surface area contributed by atoms with Gasteiger partial charge in [0.25, 0.3) is 0 Å². The molecule has 2 heterocycles. The average Bonchev–Trinajstić information content (AvgIpc) is 2.84. The lowest BCUT2D eigenvalue weighted by molar-refractivity contribution is 0.0275. The molecule has 1 fully saturated rings. The standard InChI is InChI=1S/C16H24N2O4.H2S/c1-11-8-13(9-14(17-11)20-5)21-12-6-7-18(10-12)15(19)22-16(2,3)4;/h8-9,12H,6-7,10H2,1-5H3;1H2/t12-;/m0./s1. The Morgan fingerprint density at radius 3 is 2.65 bits per heavy atom. The molecule has 0 aliphatic carbocycles. The minimum Gasteiger partial charge on any atom is -0.488 e. The third kappa shape index (κ3) is 5.82. The molecule has 1 aromatic rings. The highest BCUT2D eigenvalue weighted by Crippen LogP contribution is 2.23. The van der Waals surface area contributed by atoms with Gasteiger partial charge >= 0.3 is 6.09 Å². The largest absolute Gasteiger partial charge is 0.488 e. The summed E-state index contributed by atoms with van der Waals surface area (Å²) in [5.74, 6) is 1.23. The predicted molar refractivity (Wildman–Crippen MR) is 92.7 cm³/mol. The van der Waals surface area contributed by atoms with Crippen molar-refractivity contribution in [2.24, 2.45) is 0 Å². The molecule has 0 unspecified atom stereocenters. The first-order valence-corrected chi connectivity index (χ1v) is 7.44. The lowest BCUT2D eigenvalue weighted by Crippen LogP contribution is -2.36. The normalized spacial score (nSPS) is 17.4. The molecule has 23 heavy (non-hydrogen) atoms. The summed E-state index contributed by atoms with van der Waals surface area (Å²) >= 11 is 0. The van der Waals surface area contributed by atoms with E-state index in [1.165, 1.54) is 0 Å². The van der Waals surface area contributed by atoms with Crippen LogP contribution in [0.15, 0.2) is 12.1 Å². The van der Waals surface area contributed by atoms with Crippen molar-refractivity contribution in [1.82, 2.24) is 9.88 Å². The Labute approximate surface area is 144 Å². The zero-order chi connectivity index (χ0) is 16.3. The van der Waals surface area contributed by atoms with Gasteiger partial charge in [-0.05, 0) is 27.7 Å². The SMILES string of the molecule is COc1cc(O[C@H]2CCN(C(=O)OC(C)(C)C)C2)cc(C)n1.S. The Morgan fingerprint density at radius 2 is 2.04 bits per heavy atom. The van der Waals surface area contributed by atoms with E-state index in [4.69, 9.17) is 14.2 Å². The molecule has 2 rings (SSSR count). The Balaban J connectivity index is 0.00000264. The Bertz CT molecular complexity index is 545. The predicted octanol–water partition coefficient (Wildman–Crippen LogP) is 2.90. The summed E-state index contributed by atoms with van der Waals surface area (Å²) in [7, 11) is 1.57. The maximum absolute atomic E-state index is 12.0. The van der Waals surface area contributed by atoms with Crippen LogP contribution in [0.25, 0.3) is 0 Å². The van der Waals surface area contributed by atoms with Gasteiger partial charge in [0, 0.05) is 30.8 Å². The van der Waals surface area contributed by atoms with Crippen molar-refractivity contribution in [2.45, 2.75) is 45.8 Å². The molecule has 0 aromatic carbocycles. The van der Waals surface area contributed by atoms with E-state index in [2.05, 4.69) is 4.98 Å². The number of rotatable bonds is 3. The first-order valence-electron chi connectivity index (χ1n) is 7.44. The van der Waals surface area contributed by atoms with Crippen molar-refractivity contribution >= 4 is 19.6 Å². The van der Waals surface area contributed by atoms with Crippen LogP contribution in [-0.4, -0.2) is 47.9 Å². The van der Waals surface area contributed by atoms with E-state index in [-0.39, 0.29) is 25.7 Å². The number of amides is 1. The number of hydrogen-bond donors (Lipinski definition) is 0. The first kappa shape index (κ1) is 19.4. The van der Waals surface area contributed by atoms with Gasteiger partial charge in [0.2, 0.25) is 5.88 Å². The summed E-state index contributed by atoms with van der Waals surface area (Å²) in [5, 5.41) is 0. The Morgan fingerprint density at radius 1 is 1.35 bits per heavy atom. The number of carbonyl (C=O) groups excluding carboxylic acids is 1. The summed E-state index contributed by atoms with van der Waals surface area (Å²) in [6, 6.07) is 3.61. The Hall–Kier alpha value is -1.63. The monoisotopic (exact) mass is 342 g/mol. The van der Waals surface area contributed by atoms with Gasteiger partial charge in [0.1, 0.15) is 17.5 Å². The maximum Gasteiger partial charge on any atom is 0.410 e. The van der Waals surface area contributed by atoms with Gasteiger partial charge in [-0.2, -0.15) is 13.5 Å². The number of carbonyl (C=O) groups is 1. The van der Waals surface area contributed by atoms with Gasteiger partial charge in [-0.1, -0.05) is 0 Å². The topological polar surface area (TPSA) is 60.9 Å². The second-order valence-corrected chi connectivity index (χ2v) is 6.44. The third-order valence-electron chi connectivity index (χ3n) is 3.21. The second kappa shape index (κ2) is 7.77. The van der Waals surface area contributed by atoms with Crippen LogP contribution in [0.1, 0.15) is 32.9 Å². The summed E-state index contributed by atoms with van der Waals surface area (Å²) in [6.07, 6.45) is 0.448. The van der Waals surface area contributed by atoms with Crippen molar-refractivity contribution in [3.05, 3.63) is 17.8 Å². The number of methoxy groups -OCH3 is 1. The van der Waals surface area contributed by atoms with Gasteiger partial charge in [0.15, 0.2) is 0 Å². The number of nitrogens with zero attached hydrogens (tertiary/aromatic N) is 2. The van der Waals surface area contributed by atoms with Crippen LogP contribution < -0.4 is 9.47 Å². The fourth-order valence-corrected chi connectivity index (χ4v) is 2.29. The molecule has 1 atom stereocenters. The zero-order valence-corrected chi connectivity index (χ0v) is 15.4. The number of hydrogen-bond acceptors (Lipinski definition) is 5. The van der Waals surface area contributed by atoms with E-state index in [1.807, 2.05) is 33.8 Å². The van der Waals surface area contributed by atoms with Gasteiger partial charge < -0.3 is 19.1 Å². The molecule has 1 aromatic heterocycles. The van der Waals surface area contributed by atoms with Crippen LogP contribution in [0.4, 0.5) is 4.79 Å². The molecular formula is C16H26N2O4S. The quantitative estimate of drug-likeness (QED) is 0.845. The van der Waals surface area contributed by atoms with Gasteiger partial charge in [0.05, 0.1) is 13.7 Å². The van der Waals surface area contributed by atoms with E-state index in [0.29, 0.717) is 24.7 Å². The molecule has 1 amide bonds. The number of likely N-dealkylation sites (tertiary alicyclic amines) is 1. The number of aromatic nitrogens is 1. The fourth-order valence-electron chi connectivity index (χ4n) is 2.29. The zero-order valence-electron chi connectivity index (χ0n) is 14.4. The van der Waals surface area contributed by atoms with Crippen LogP contribution in [0.3, 0.4) is 0 Å². The molecule has 7 heteroatoms. The molecule has 1 aliphatic heterocycles. The summed E-state index contributed by atoms with van der Waals surface area (Å²) in [5.41, 5.74) is 0.349. The molecule has 0 N–H and O–H groups in total. The van der Waals surface area contributed by atoms with Crippen LogP contribution in [0.5, 0.6) is 11.6 Å². The highest BCUT2D eigenvalue weighted by molar-refractivity contribution is 7.59. The van der Waals surface area contributed by atoms with E-state index in [1.54, 1.807) is 18.1 Å². The summed E-state index contributed by atoms with van der Waals surface area (Å²) < 4.78 is 16.5. The fraction of sp³-hybridized carbons (Fsp3) is 0.625. The van der Waals surface area contributed by atoms with E-state index >= 15 is 0 Å². The minimum absolute atomic E-state index is 0. The number of ether oxygens (including phenoxy) is 3. The summed E-state index contributed by atoms with van der Waals surface area (Å²) in [6.45, 7) is 8.64. The van der Waals surface area contributed by atoms with E-state index in [9.17, 15) is 4.79 Å². The number of aryl methyl sites for hydroxylation is 1. The first-order chi connectivity index (χ1) is 10.3. The molecule has 1 aliphatic rings. The van der Waals surface area contributed by atoms with Crippen LogP contribution in [0.2, 0.25) is 0 Å². The van der Waals surface area contributed by atoms with Gasteiger partial charge in [-0.3, -0.25) is 0 Å².